The van der Waals surface area contributed by atoms with Crippen molar-refractivity contribution >= 4 is 38.9 Å². The molecule has 2 heteroatoms. The van der Waals surface area contributed by atoms with E-state index >= 15 is 0 Å². The molecule has 2 nitrogen and oxygen atoms in total. The quantitative estimate of drug-likeness (QED) is 0.157. The molecule has 0 saturated carbocycles. The van der Waals surface area contributed by atoms with Gasteiger partial charge in [0, 0.05) is 38.8 Å². The van der Waals surface area contributed by atoms with Crippen molar-refractivity contribution in [1.29, 1.82) is 0 Å². The Morgan fingerprint density at radius 1 is 0.339 bits per heavy atom. The minimum Gasteiger partial charge on any atom is -0.311 e. The zero-order valence-electron chi connectivity index (χ0n) is 33.2. The maximum atomic E-state index is 2.41. The average molecular weight is 755 g/mol. The average Bonchev–Trinajstić information content (AvgIpc) is 3.76. The largest absolute Gasteiger partial charge is 0.311 e. The molecule has 280 valence electrons. The smallest absolute Gasteiger partial charge is 0.0541 e. The first-order valence-electron chi connectivity index (χ1n) is 20.5. The second-order valence-corrected chi connectivity index (χ2v) is 16.1. The summed E-state index contributed by atoms with van der Waals surface area (Å²) >= 11 is 0. The SMILES string of the molecule is CC1(C)c2ccccc2-c2cccc(-c3ccc(N(c4ccccc4)c4ccc(-c5ccc(-c6ccccc6-n6c7ccccc7c7ccccc76)cc5)cc4)cc3)c21. The van der Waals surface area contributed by atoms with Crippen molar-refractivity contribution in [2.75, 3.05) is 4.90 Å². The standard InChI is InChI=1S/C57H42N2/c1-57(2)52-23-10-6-18-48(52)51-22-14-21-47(56(51)57)42-33-37-45(38-34-42)58(43-15-4-3-5-16-43)44-35-31-40(32-36-44)39-27-29-41(30-28-39)46-17-7-11-24-53(46)59-54-25-12-8-19-49(54)50-20-9-13-26-55(50)59/h3-38H,1-2H3. The van der Waals surface area contributed by atoms with Gasteiger partial charge in [-0.3, -0.25) is 0 Å². The Hall–Kier alpha value is -7.42. The van der Waals surface area contributed by atoms with E-state index in [0.29, 0.717) is 0 Å². The minimum absolute atomic E-state index is 0.0721. The highest BCUT2D eigenvalue weighted by molar-refractivity contribution is 6.09. The Balaban J connectivity index is 0.908. The van der Waals surface area contributed by atoms with Crippen molar-refractivity contribution in [3.05, 3.63) is 230 Å². The van der Waals surface area contributed by atoms with Gasteiger partial charge in [-0.1, -0.05) is 178 Å². The van der Waals surface area contributed by atoms with E-state index in [9.17, 15) is 0 Å². The first-order chi connectivity index (χ1) is 29.0. The van der Waals surface area contributed by atoms with Crippen molar-refractivity contribution in [2.24, 2.45) is 0 Å². The molecule has 0 saturated heterocycles. The molecule has 1 aliphatic carbocycles. The molecule has 9 aromatic carbocycles. The maximum absolute atomic E-state index is 2.41. The molecular formula is C57H42N2. The van der Waals surface area contributed by atoms with Gasteiger partial charge in [0.05, 0.1) is 16.7 Å². The molecule has 0 N–H and O–H groups in total. The van der Waals surface area contributed by atoms with Crippen molar-refractivity contribution in [3.63, 3.8) is 0 Å². The van der Waals surface area contributed by atoms with Crippen LogP contribution >= 0.6 is 0 Å². The van der Waals surface area contributed by atoms with Gasteiger partial charge in [0.2, 0.25) is 0 Å². The summed E-state index contributed by atoms with van der Waals surface area (Å²) in [6, 6.07) is 79.6. The van der Waals surface area contributed by atoms with Crippen LogP contribution in [0.2, 0.25) is 0 Å². The van der Waals surface area contributed by atoms with E-state index in [1.807, 2.05) is 0 Å². The summed E-state index contributed by atoms with van der Waals surface area (Å²) in [5.41, 5.74) is 19.7. The molecule has 59 heavy (non-hydrogen) atoms. The highest BCUT2D eigenvalue weighted by Crippen LogP contribution is 2.52. The van der Waals surface area contributed by atoms with Gasteiger partial charge in [-0.05, 0) is 105 Å². The Bertz CT molecular complexity index is 3100. The van der Waals surface area contributed by atoms with E-state index in [-0.39, 0.29) is 5.41 Å². The van der Waals surface area contributed by atoms with E-state index in [1.165, 1.54) is 83.1 Å². The van der Waals surface area contributed by atoms with Gasteiger partial charge >= 0.3 is 0 Å². The number of hydrogen-bond donors (Lipinski definition) is 0. The van der Waals surface area contributed by atoms with E-state index in [2.05, 4.69) is 242 Å². The van der Waals surface area contributed by atoms with Crippen molar-refractivity contribution in [3.8, 4) is 50.2 Å². The van der Waals surface area contributed by atoms with Crippen molar-refractivity contribution < 1.29 is 0 Å². The zero-order valence-corrected chi connectivity index (χ0v) is 33.2. The van der Waals surface area contributed by atoms with E-state index < -0.39 is 0 Å². The molecule has 10 aromatic rings. The Morgan fingerprint density at radius 3 is 1.44 bits per heavy atom. The van der Waals surface area contributed by atoms with Crippen LogP contribution in [0.3, 0.4) is 0 Å². The number of nitrogens with zero attached hydrogens (tertiary/aromatic N) is 2. The zero-order chi connectivity index (χ0) is 39.5. The van der Waals surface area contributed by atoms with E-state index in [1.54, 1.807) is 0 Å². The fourth-order valence-corrected chi connectivity index (χ4v) is 9.64. The normalized spacial score (nSPS) is 12.7. The molecule has 0 bridgehead atoms. The molecule has 0 unspecified atom stereocenters. The fraction of sp³-hybridized carbons (Fsp3) is 0.0526. The summed E-state index contributed by atoms with van der Waals surface area (Å²) in [6.07, 6.45) is 0. The summed E-state index contributed by atoms with van der Waals surface area (Å²) in [4.78, 5) is 2.34. The minimum atomic E-state index is -0.0721. The lowest BCUT2D eigenvalue weighted by Crippen LogP contribution is -2.16. The monoisotopic (exact) mass is 754 g/mol. The highest BCUT2D eigenvalue weighted by atomic mass is 15.1. The van der Waals surface area contributed by atoms with E-state index in [4.69, 9.17) is 0 Å². The van der Waals surface area contributed by atoms with Crippen LogP contribution in [0.25, 0.3) is 72.0 Å². The lowest BCUT2D eigenvalue weighted by Gasteiger charge is -2.27. The Morgan fingerprint density at radius 2 is 0.780 bits per heavy atom. The predicted molar refractivity (Wildman–Crippen MR) is 249 cm³/mol. The maximum Gasteiger partial charge on any atom is 0.0541 e. The van der Waals surface area contributed by atoms with Crippen molar-refractivity contribution in [1.82, 2.24) is 4.57 Å². The van der Waals surface area contributed by atoms with Crippen LogP contribution in [0.15, 0.2) is 218 Å². The third-order valence-corrected chi connectivity index (χ3v) is 12.4. The van der Waals surface area contributed by atoms with Crippen LogP contribution in [0, 0.1) is 0 Å². The molecule has 0 aliphatic heterocycles. The summed E-state index contributed by atoms with van der Waals surface area (Å²) < 4.78 is 2.41. The molecule has 0 spiro atoms. The molecule has 1 aromatic heterocycles. The second kappa shape index (κ2) is 13.9. The predicted octanol–water partition coefficient (Wildman–Crippen LogP) is 15.6. The molecule has 1 aliphatic rings. The van der Waals surface area contributed by atoms with Crippen molar-refractivity contribution in [2.45, 2.75) is 19.3 Å². The number of hydrogen-bond acceptors (Lipinski definition) is 1. The van der Waals surface area contributed by atoms with Crippen LogP contribution in [0.4, 0.5) is 17.1 Å². The van der Waals surface area contributed by atoms with Crippen LogP contribution in [0.5, 0.6) is 0 Å². The van der Waals surface area contributed by atoms with Crippen LogP contribution < -0.4 is 4.90 Å². The van der Waals surface area contributed by atoms with Crippen LogP contribution in [0.1, 0.15) is 25.0 Å². The first-order valence-corrected chi connectivity index (χ1v) is 20.5. The highest BCUT2D eigenvalue weighted by Gasteiger charge is 2.37. The van der Waals surface area contributed by atoms with Gasteiger partial charge in [0.15, 0.2) is 0 Å². The van der Waals surface area contributed by atoms with Gasteiger partial charge in [-0.15, -0.1) is 0 Å². The number of aromatic nitrogens is 1. The lowest BCUT2D eigenvalue weighted by atomic mass is 9.79. The van der Waals surface area contributed by atoms with Crippen LogP contribution in [-0.4, -0.2) is 4.57 Å². The van der Waals surface area contributed by atoms with E-state index in [0.717, 1.165) is 17.1 Å². The fourth-order valence-electron chi connectivity index (χ4n) is 9.64. The van der Waals surface area contributed by atoms with Gasteiger partial charge in [0.25, 0.3) is 0 Å². The Labute approximate surface area is 345 Å². The number of rotatable bonds is 7. The molecule has 0 atom stereocenters. The molecule has 0 amide bonds. The number of benzene rings is 9. The number of fused-ring (bicyclic) bond motifs is 6. The summed E-state index contributed by atoms with van der Waals surface area (Å²) in [5, 5.41) is 2.54. The Kier molecular flexibility index (Phi) is 8.20. The third-order valence-electron chi connectivity index (χ3n) is 12.4. The molecular weight excluding hydrogens is 713 g/mol. The van der Waals surface area contributed by atoms with Crippen LogP contribution in [-0.2, 0) is 5.41 Å². The topological polar surface area (TPSA) is 8.17 Å². The molecule has 0 radical (unpaired) electrons. The molecule has 0 fully saturated rings. The molecule has 11 rings (SSSR count). The second-order valence-electron chi connectivity index (χ2n) is 16.1. The lowest BCUT2D eigenvalue weighted by molar-refractivity contribution is 0.662. The summed E-state index contributed by atoms with van der Waals surface area (Å²) in [7, 11) is 0. The van der Waals surface area contributed by atoms with Gasteiger partial charge < -0.3 is 9.47 Å². The van der Waals surface area contributed by atoms with Gasteiger partial charge in [-0.2, -0.15) is 0 Å². The summed E-state index contributed by atoms with van der Waals surface area (Å²) in [6.45, 7) is 4.72. The van der Waals surface area contributed by atoms with Gasteiger partial charge in [-0.25, -0.2) is 0 Å². The van der Waals surface area contributed by atoms with Gasteiger partial charge in [0.1, 0.15) is 0 Å². The first kappa shape index (κ1) is 34.8. The third kappa shape index (κ3) is 5.71. The number of anilines is 3. The number of para-hydroxylation sites is 4. The molecule has 1 heterocycles. The summed E-state index contributed by atoms with van der Waals surface area (Å²) in [5.74, 6) is 0.